The van der Waals surface area contributed by atoms with Crippen molar-refractivity contribution < 1.29 is 29.0 Å². The van der Waals surface area contributed by atoms with Gasteiger partial charge in [0.1, 0.15) is 12.6 Å². The van der Waals surface area contributed by atoms with E-state index in [1.807, 2.05) is 66.7 Å². The first-order chi connectivity index (χ1) is 19.8. The second kappa shape index (κ2) is 12.1. The predicted octanol–water partition coefficient (Wildman–Crippen LogP) is 5.21. The van der Waals surface area contributed by atoms with Crippen LogP contribution in [-0.4, -0.2) is 59.8 Å². The molecule has 1 heterocycles. The minimum absolute atomic E-state index is 0.0649. The highest BCUT2D eigenvalue weighted by Crippen LogP contribution is 2.44. The molecule has 3 aromatic carbocycles. The fourth-order valence-corrected chi connectivity index (χ4v) is 5.84. The van der Waals surface area contributed by atoms with Gasteiger partial charge in [0.2, 0.25) is 5.91 Å². The Balaban J connectivity index is 1.30. The van der Waals surface area contributed by atoms with Gasteiger partial charge < -0.3 is 24.8 Å². The molecule has 8 heteroatoms. The van der Waals surface area contributed by atoms with Crippen molar-refractivity contribution in [1.82, 2.24) is 10.2 Å². The average molecular weight is 557 g/mol. The molecule has 41 heavy (non-hydrogen) atoms. The van der Waals surface area contributed by atoms with Crippen LogP contribution in [0.15, 0.2) is 78.9 Å². The third-order valence-corrected chi connectivity index (χ3v) is 8.23. The number of carboxylic acids is 1. The molecule has 1 aliphatic carbocycles. The van der Waals surface area contributed by atoms with Crippen molar-refractivity contribution in [3.8, 4) is 11.1 Å². The van der Waals surface area contributed by atoms with Crippen LogP contribution in [-0.2, 0) is 25.7 Å². The summed E-state index contributed by atoms with van der Waals surface area (Å²) in [7, 11) is 0. The Morgan fingerprint density at radius 3 is 2.22 bits per heavy atom. The number of amides is 2. The molecular weight excluding hydrogens is 520 g/mol. The second-order valence-corrected chi connectivity index (χ2v) is 11.2. The van der Waals surface area contributed by atoms with Crippen molar-refractivity contribution in [1.29, 1.82) is 0 Å². The number of nitrogens with zero attached hydrogens (tertiary/aromatic N) is 1. The lowest BCUT2D eigenvalue weighted by Crippen LogP contribution is -2.58. The van der Waals surface area contributed by atoms with Gasteiger partial charge in [-0.1, -0.05) is 78.9 Å². The van der Waals surface area contributed by atoms with Gasteiger partial charge in [0.05, 0.1) is 18.1 Å². The molecule has 8 nitrogen and oxygen atoms in total. The molecule has 3 unspecified atom stereocenters. The van der Waals surface area contributed by atoms with Gasteiger partial charge in [-0.15, -0.1) is 0 Å². The maximum atomic E-state index is 13.8. The normalized spacial score (nSPS) is 19.5. The number of likely N-dealkylation sites (tertiary alicyclic amines) is 1. The number of alkyl carbamates (subject to hydrolysis) is 1. The van der Waals surface area contributed by atoms with Gasteiger partial charge in [0.25, 0.3) is 0 Å². The SMILES string of the molecule is CC(OCc1ccccc1)C(NC(=O)OCC1c2ccccc2-c2ccccc21)C(=O)N1CCCC(C)(C(=O)O)C1. The molecule has 1 aliphatic heterocycles. The van der Waals surface area contributed by atoms with Crippen LogP contribution in [0.4, 0.5) is 4.79 Å². The van der Waals surface area contributed by atoms with Crippen LogP contribution in [0.3, 0.4) is 0 Å². The van der Waals surface area contributed by atoms with Gasteiger partial charge in [0, 0.05) is 19.0 Å². The molecule has 1 saturated heterocycles. The van der Waals surface area contributed by atoms with Crippen molar-refractivity contribution in [2.75, 3.05) is 19.7 Å². The number of carboxylic acid groups (broad SMARTS) is 1. The molecule has 1 fully saturated rings. The molecule has 3 aromatic rings. The lowest BCUT2D eigenvalue weighted by Gasteiger charge is -2.39. The van der Waals surface area contributed by atoms with E-state index in [9.17, 15) is 19.5 Å². The Morgan fingerprint density at radius 2 is 1.59 bits per heavy atom. The Labute approximate surface area is 240 Å². The number of benzene rings is 3. The van der Waals surface area contributed by atoms with Crippen molar-refractivity contribution >= 4 is 18.0 Å². The average Bonchev–Trinajstić information content (AvgIpc) is 3.31. The van der Waals surface area contributed by atoms with Gasteiger partial charge in [-0.05, 0) is 54.5 Å². The van der Waals surface area contributed by atoms with Crippen LogP contribution in [0.2, 0.25) is 0 Å². The number of piperidine rings is 1. The highest BCUT2D eigenvalue weighted by atomic mass is 16.5. The van der Waals surface area contributed by atoms with Crippen LogP contribution in [0.25, 0.3) is 11.1 Å². The van der Waals surface area contributed by atoms with Gasteiger partial charge in [-0.2, -0.15) is 0 Å². The highest BCUT2D eigenvalue weighted by Gasteiger charge is 2.42. The van der Waals surface area contributed by atoms with Crippen molar-refractivity contribution in [2.24, 2.45) is 5.41 Å². The number of fused-ring (bicyclic) bond motifs is 3. The number of ether oxygens (including phenoxy) is 2. The molecule has 3 atom stereocenters. The van der Waals surface area contributed by atoms with Crippen LogP contribution >= 0.6 is 0 Å². The van der Waals surface area contributed by atoms with Crippen LogP contribution in [0.1, 0.15) is 49.3 Å². The fraction of sp³-hybridized carbons (Fsp3) is 0.364. The first-order valence-corrected chi connectivity index (χ1v) is 14.1. The zero-order chi connectivity index (χ0) is 29.0. The molecular formula is C33H36N2O6. The van der Waals surface area contributed by atoms with Crippen LogP contribution in [0.5, 0.6) is 0 Å². The molecule has 5 rings (SSSR count). The topological polar surface area (TPSA) is 105 Å². The first kappa shape index (κ1) is 28.4. The number of hydrogen-bond donors (Lipinski definition) is 2. The number of aliphatic carboxylic acids is 1. The Kier molecular flexibility index (Phi) is 8.40. The van der Waals surface area contributed by atoms with Gasteiger partial charge in [-0.25, -0.2) is 4.79 Å². The third kappa shape index (κ3) is 6.12. The number of rotatable bonds is 9. The van der Waals surface area contributed by atoms with Crippen LogP contribution < -0.4 is 5.32 Å². The first-order valence-electron chi connectivity index (χ1n) is 14.1. The molecule has 2 N–H and O–H groups in total. The van der Waals surface area contributed by atoms with E-state index in [2.05, 4.69) is 17.4 Å². The number of hydrogen-bond acceptors (Lipinski definition) is 5. The minimum Gasteiger partial charge on any atom is -0.481 e. The van der Waals surface area contributed by atoms with Crippen molar-refractivity contribution in [3.63, 3.8) is 0 Å². The van der Waals surface area contributed by atoms with Crippen molar-refractivity contribution in [2.45, 2.75) is 51.4 Å². The largest absolute Gasteiger partial charge is 0.481 e. The molecule has 0 spiro atoms. The summed E-state index contributed by atoms with van der Waals surface area (Å²) in [6, 6.07) is 24.7. The summed E-state index contributed by atoms with van der Waals surface area (Å²) >= 11 is 0. The number of carbonyl (C=O) groups excluding carboxylic acids is 2. The van der Waals surface area contributed by atoms with Gasteiger partial charge >= 0.3 is 12.1 Å². The van der Waals surface area contributed by atoms with E-state index in [0.29, 0.717) is 19.4 Å². The molecule has 214 valence electrons. The summed E-state index contributed by atoms with van der Waals surface area (Å²) in [5.74, 6) is -1.44. The summed E-state index contributed by atoms with van der Waals surface area (Å²) in [6.07, 6.45) is -0.373. The highest BCUT2D eigenvalue weighted by molar-refractivity contribution is 5.87. The number of carbonyl (C=O) groups is 3. The lowest BCUT2D eigenvalue weighted by atomic mass is 9.82. The van der Waals surface area contributed by atoms with E-state index in [-0.39, 0.29) is 31.6 Å². The fourth-order valence-electron chi connectivity index (χ4n) is 5.84. The zero-order valence-corrected chi connectivity index (χ0v) is 23.4. The van der Waals surface area contributed by atoms with E-state index in [4.69, 9.17) is 9.47 Å². The molecule has 2 aliphatic rings. The van der Waals surface area contributed by atoms with Gasteiger partial charge in [0.15, 0.2) is 0 Å². The van der Waals surface area contributed by atoms with E-state index in [1.54, 1.807) is 13.8 Å². The molecule has 2 amide bonds. The maximum absolute atomic E-state index is 13.8. The maximum Gasteiger partial charge on any atom is 0.407 e. The summed E-state index contributed by atoms with van der Waals surface area (Å²) in [6.45, 7) is 4.23. The summed E-state index contributed by atoms with van der Waals surface area (Å²) in [4.78, 5) is 40.4. The third-order valence-electron chi connectivity index (χ3n) is 8.23. The number of nitrogens with one attached hydrogen (secondary N) is 1. The summed E-state index contributed by atoms with van der Waals surface area (Å²) < 4.78 is 11.8. The lowest BCUT2D eigenvalue weighted by molar-refractivity contribution is -0.154. The second-order valence-electron chi connectivity index (χ2n) is 11.2. The molecule has 0 radical (unpaired) electrons. The van der Waals surface area contributed by atoms with E-state index in [1.165, 1.54) is 4.90 Å². The molecule has 0 saturated carbocycles. The Bertz CT molecular complexity index is 1360. The van der Waals surface area contributed by atoms with Crippen molar-refractivity contribution in [3.05, 3.63) is 95.6 Å². The predicted molar refractivity (Wildman–Crippen MR) is 154 cm³/mol. The minimum atomic E-state index is -1.05. The molecule has 0 bridgehead atoms. The standard InChI is InChI=1S/C33H36N2O6/c1-22(40-19-23-11-4-3-5-12-23)29(30(36)35-18-10-17-33(2,21-35)31(37)38)34-32(39)41-20-28-26-15-8-6-13-24(26)25-14-7-9-16-27(25)28/h3-9,11-16,22,28-29H,10,17-21H2,1-2H3,(H,34,39)(H,37,38). The quantitative estimate of drug-likeness (QED) is 0.375. The monoisotopic (exact) mass is 556 g/mol. The smallest absolute Gasteiger partial charge is 0.407 e. The van der Waals surface area contributed by atoms with Gasteiger partial charge in [-0.3, -0.25) is 9.59 Å². The summed E-state index contributed by atoms with van der Waals surface area (Å²) in [5.41, 5.74) is 4.32. The van der Waals surface area contributed by atoms with E-state index in [0.717, 1.165) is 27.8 Å². The van der Waals surface area contributed by atoms with Crippen LogP contribution in [0, 0.1) is 5.41 Å². The Hall–Kier alpha value is -4.17. The van der Waals surface area contributed by atoms with E-state index >= 15 is 0 Å². The van der Waals surface area contributed by atoms with E-state index < -0.39 is 29.6 Å². The zero-order valence-electron chi connectivity index (χ0n) is 23.4. The summed E-state index contributed by atoms with van der Waals surface area (Å²) in [5, 5.41) is 12.5. The molecule has 0 aromatic heterocycles. The Morgan fingerprint density at radius 1 is 0.976 bits per heavy atom.